The molecule has 0 heterocycles. The molecule has 0 fully saturated rings. The van der Waals surface area contributed by atoms with Crippen molar-refractivity contribution in [2.75, 3.05) is 5.32 Å². The number of para-hydroxylation sites is 2. The summed E-state index contributed by atoms with van der Waals surface area (Å²) in [6.07, 6.45) is 1.30. The van der Waals surface area contributed by atoms with E-state index in [9.17, 15) is 14.9 Å². The van der Waals surface area contributed by atoms with Gasteiger partial charge in [-0.1, -0.05) is 12.1 Å². The number of nitriles is 1. The van der Waals surface area contributed by atoms with Gasteiger partial charge in [0.15, 0.2) is 0 Å². The van der Waals surface area contributed by atoms with Crippen molar-refractivity contribution < 1.29 is 9.72 Å². The topological polar surface area (TPSA) is 108 Å². The molecular formula is C14H16N4O3. The number of nitro benzene ring substituents is 1. The number of rotatable bonds is 4. The SMILES string of the molecule is CC(C)(C)N/C=C(/C#N)C(=O)Nc1ccccc1[N+](=O)[O-]. The number of nitro groups is 1. The second-order valence-corrected chi connectivity index (χ2v) is 5.29. The Morgan fingerprint density at radius 1 is 1.38 bits per heavy atom. The first-order valence-electron chi connectivity index (χ1n) is 6.17. The van der Waals surface area contributed by atoms with Gasteiger partial charge in [-0.25, -0.2) is 0 Å². The largest absolute Gasteiger partial charge is 0.385 e. The molecule has 21 heavy (non-hydrogen) atoms. The second kappa shape index (κ2) is 6.52. The van der Waals surface area contributed by atoms with Crippen LogP contribution in [0.3, 0.4) is 0 Å². The second-order valence-electron chi connectivity index (χ2n) is 5.29. The zero-order valence-corrected chi connectivity index (χ0v) is 12.0. The average molecular weight is 288 g/mol. The van der Waals surface area contributed by atoms with Gasteiger partial charge in [0.05, 0.1) is 4.92 Å². The van der Waals surface area contributed by atoms with Crippen LogP contribution in [0.5, 0.6) is 0 Å². The monoisotopic (exact) mass is 288 g/mol. The number of hydrogen-bond acceptors (Lipinski definition) is 5. The molecule has 7 heteroatoms. The van der Waals surface area contributed by atoms with Crippen LogP contribution in [0.2, 0.25) is 0 Å². The summed E-state index contributed by atoms with van der Waals surface area (Å²) in [6, 6.07) is 7.50. The molecule has 0 saturated heterocycles. The van der Waals surface area contributed by atoms with Crippen LogP contribution >= 0.6 is 0 Å². The lowest BCUT2D eigenvalue weighted by molar-refractivity contribution is -0.383. The summed E-state index contributed by atoms with van der Waals surface area (Å²) in [4.78, 5) is 22.2. The molecule has 0 aliphatic rings. The molecule has 1 rings (SSSR count). The van der Waals surface area contributed by atoms with Gasteiger partial charge >= 0.3 is 0 Å². The molecule has 0 radical (unpaired) electrons. The molecule has 1 aromatic carbocycles. The van der Waals surface area contributed by atoms with Crippen LogP contribution < -0.4 is 10.6 Å². The Hall–Kier alpha value is -2.88. The van der Waals surface area contributed by atoms with E-state index in [1.54, 1.807) is 12.1 Å². The first kappa shape index (κ1) is 16.2. The van der Waals surface area contributed by atoms with Gasteiger partial charge < -0.3 is 10.6 Å². The average Bonchev–Trinajstić information content (AvgIpc) is 2.38. The molecular weight excluding hydrogens is 272 g/mol. The van der Waals surface area contributed by atoms with Gasteiger partial charge in [-0.15, -0.1) is 0 Å². The maximum Gasteiger partial charge on any atom is 0.292 e. The number of nitrogens with one attached hydrogen (secondary N) is 2. The maximum absolute atomic E-state index is 12.0. The number of amides is 1. The van der Waals surface area contributed by atoms with E-state index in [1.807, 2.05) is 20.8 Å². The van der Waals surface area contributed by atoms with Crippen LogP contribution in [0.15, 0.2) is 36.0 Å². The smallest absolute Gasteiger partial charge is 0.292 e. The molecule has 1 amide bonds. The quantitative estimate of drug-likeness (QED) is 0.382. The van der Waals surface area contributed by atoms with Gasteiger partial charge in [0.25, 0.3) is 11.6 Å². The van der Waals surface area contributed by atoms with Crippen molar-refractivity contribution in [1.29, 1.82) is 5.26 Å². The van der Waals surface area contributed by atoms with E-state index in [2.05, 4.69) is 10.6 Å². The van der Waals surface area contributed by atoms with Crippen LogP contribution in [0.25, 0.3) is 0 Å². The predicted molar refractivity (Wildman–Crippen MR) is 78.3 cm³/mol. The molecule has 1 aromatic rings. The summed E-state index contributed by atoms with van der Waals surface area (Å²) in [7, 11) is 0. The third-order valence-electron chi connectivity index (χ3n) is 2.36. The molecule has 0 atom stereocenters. The van der Waals surface area contributed by atoms with Crippen LogP contribution in [-0.4, -0.2) is 16.4 Å². The van der Waals surface area contributed by atoms with Gasteiger partial charge in [-0.3, -0.25) is 14.9 Å². The number of anilines is 1. The number of nitrogens with zero attached hydrogens (tertiary/aromatic N) is 2. The summed E-state index contributed by atoms with van der Waals surface area (Å²) in [5.41, 5.74) is -0.652. The Bertz CT molecular complexity index is 624. The van der Waals surface area contributed by atoms with Crippen LogP contribution in [0.4, 0.5) is 11.4 Å². The molecule has 0 spiro atoms. The summed E-state index contributed by atoms with van der Waals surface area (Å²) in [6.45, 7) is 5.62. The lowest BCUT2D eigenvalue weighted by atomic mass is 10.1. The lowest BCUT2D eigenvalue weighted by Gasteiger charge is -2.18. The van der Waals surface area contributed by atoms with E-state index >= 15 is 0 Å². The first-order valence-corrected chi connectivity index (χ1v) is 6.17. The highest BCUT2D eigenvalue weighted by molar-refractivity contribution is 6.07. The van der Waals surface area contributed by atoms with E-state index in [4.69, 9.17) is 5.26 Å². The van der Waals surface area contributed by atoms with Crippen molar-refractivity contribution >= 4 is 17.3 Å². The Labute approximate surface area is 122 Å². The minimum atomic E-state index is -0.705. The molecule has 2 N–H and O–H groups in total. The van der Waals surface area contributed by atoms with Crippen molar-refractivity contribution in [3.63, 3.8) is 0 Å². The molecule has 110 valence electrons. The maximum atomic E-state index is 12.0. The lowest BCUT2D eigenvalue weighted by Crippen LogP contribution is -2.32. The molecule has 0 saturated carbocycles. The van der Waals surface area contributed by atoms with Gasteiger partial charge in [0, 0.05) is 17.8 Å². The van der Waals surface area contributed by atoms with Crippen LogP contribution in [-0.2, 0) is 4.79 Å². The highest BCUT2D eigenvalue weighted by Gasteiger charge is 2.17. The molecule has 0 aromatic heterocycles. The summed E-state index contributed by atoms with van der Waals surface area (Å²) in [5.74, 6) is -0.705. The summed E-state index contributed by atoms with van der Waals surface area (Å²) >= 11 is 0. The third-order valence-corrected chi connectivity index (χ3v) is 2.36. The normalized spacial score (nSPS) is 11.4. The molecule has 0 aliphatic carbocycles. The molecule has 0 aliphatic heterocycles. The van der Waals surface area contributed by atoms with Crippen molar-refractivity contribution in [3.05, 3.63) is 46.2 Å². The van der Waals surface area contributed by atoms with E-state index in [0.29, 0.717) is 0 Å². The van der Waals surface area contributed by atoms with E-state index in [1.165, 1.54) is 24.4 Å². The predicted octanol–water partition coefficient (Wildman–Crippen LogP) is 2.33. The molecule has 0 bridgehead atoms. The van der Waals surface area contributed by atoms with Crippen molar-refractivity contribution in [2.24, 2.45) is 0 Å². The van der Waals surface area contributed by atoms with E-state index < -0.39 is 10.8 Å². The van der Waals surface area contributed by atoms with Crippen LogP contribution in [0.1, 0.15) is 20.8 Å². The number of hydrogen-bond donors (Lipinski definition) is 2. The number of carbonyl (C=O) groups is 1. The fraction of sp³-hybridized carbons (Fsp3) is 0.286. The Kier molecular flexibility index (Phi) is 5.02. The van der Waals surface area contributed by atoms with Crippen molar-refractivity contribution in [1.82, 2.24) is 5.32 Å². The highest BCUT2D eigenvalue weighted by atomic mass is 16.6. The number of benzene rings is 1. The van der Waals surface area contributed by atoms with Gasteiger partial charge in [-0.05, 0) is 26.8 Å². The zero-order chi connectivity index (χ0) is 16.0. The van der Waals surface area contributed by atoms with Gasteiger partial charge in [0.2, 0.25) is 0 Å². The summed E-state index contributed by atoms with van der Waals surface area (Å²) in [5, 5.41) is 25.1. The van der Waals surface area contributed by atoms with Crippen molar-refractivity contribution in [3.8, 4) is 6.07 Å². The fourth-order valence-electron chi connectivity index (χ4n) is 1.37. The Balaban J connectivity index is 2.95. The number of carbonyl (C=O) groups excluding carboxylic acids is 1. The standard InChI is InChI=1S/C14H16N4O3/c1-14(2,3)16-9-10(8-15)13(19)17-11-6-4-5-7-12(11)18(20)21/h4-7,9,16H,1-3H3,(H,17,19)/b10-9-. The van der Waals surface area contributed by atoms with Crippen LogP contribution in [0, 0.1) is 21.4 Å². The van der Waals surface area contributed by atoms with E-state index in [0.717, 1.165) is 0 Å². The summed E-state index contributed by atoms with van der Waals surface area (Å²) < 4.78 is 0. The fourth-order valence-corrected chi connectivity index (χ4v) is 1.37. The highest BCUT2D eigenvalue weighted by Crippen LogP contribution is 2.23. The zero-order valence-electron chi connectivity index (χ0n) is 12.0. The van der Waals surface area contributed by atoms with E-state index in [-0.39, 0.29) is 22.5 Å². The molecule has 7 nitrogen and oxygen atoms in total. The Morgan fingerprint density at radius 2 is 2.00 bits per heavy atom. The van der Waals surface area contributed by atoms with Gasteiger partial charge in [0.1, 0.15) is 17.3 Å². The molecule has 0 unspecified atom stereocenters. The van der Waals surface area contributed by atoms with Gasteiger partial charge in [-0.2, -0.15) is 5.26 Å². The van der Waals surface area contributed by atoms with Crippen molar-refractivity contribution in [2.45, 2.75) is 26.3 Å². The minimum absolute atomic E-state index is 0.0457. The first-order chi connectivity index (χ1) is 9.74. The third kappa shape index (κ3) is 4.95. The minimum Gasteiger partial charge on any atom is -0.385 e. The Morgan fingerprint density at radius 3 is 2.52 bits per heavy atom.